The van der Waals surface area contributed by atoms with E-state index >= 15 is 0 Å². The van der Waals surface area contributed by atoms with E-state index in [4.69, 9.17) is 9.47 Å². The molecular weight excluding hydrogens is 260 g/mol. The lowest BCUT2D eigenvalue weighted by molar-refractivity contribution is -0.123. The van der Waals surface area contributed by atoms with Gasteiger partial charge in [-0.05, 0) is 18.8 Å². The van der Waals surface area contributed by atoms with Gasteiger partial charge in [0.25, 0.3) is 0 Å². The van der Waals surface area contributed by atoms with E-state index in [1.807, 2.05) is 15.7 Å². The Morgan fingerprint density at radius 2 is 1.85 bits per heavy atom. The SMILES string of the molecule is B[C@H]1C[C@@H](CC(=O)NC[C@H]2O[C@@H](B)C[C@H]2O)[C@@H](CO)O1. The van der Waals surface area contributed by atoms with E-state index in [2.05, 4.69) is 5.32 Å². The van der Waals surface area contributed by atoms with Crippen molar-refractivity contribution in [1.82, 2.24) is 5.32 Å². The molecular formula is C12H23B2NO5. The first-order valence-corrected chi connectivity index (χ1v) is 7.36. The highest BCUT2D eigenvalue weighted by Crippen LogP contribution is 2.27. The van der Waals surface area contributed by atoms with Crippen LogP contribution in [0.2, 0.25) is 0 Å². The van der Waals surface area contributed by atoms with Gasteiger partial charge in [-0.1, -0.05) is 0 Å². The molecule has 2 aliphatic rings. The zero-order valence-corrected chi connectivity index (χ0v) is 12.1. The highest BCUT2D eigenvalue weighted by molar-refractivity contribution is 6.11. The van der Waals surface area contributed by atoms with E-state index in [0.29, 0.717) is 19.4 Å². The molecule has 0 bridgehead atoms. The Hall–Kier alpha value is -0.560. The van der Waals surface area contributed by atoms with Crippen LogP contribution in [0.5, 0.6) is 0 Å². The van der Waals surface area contributed by atoms with Gasteiger partial charge in [-0.25, -0.2) is 0 Å². The van der Waals surface area contributed by atoms with Gasteiger partial charge in [-0.15, -0.1) is 0 Å². The number of hydrogen-bond acceptors (Lipinski definition) is 5. The van der Waals surface area contributed by atoms with Crippen LogP contribution in [0.1, 0.15) is 19.3 Å². The summed E-state index contributed by atoms with van der Waals surface area (Å²) in [7, 11) is 3.86. The number of rotatable bonds is 5. The fraction of sp³-hybridized carbons (Fsp3) is 0.917. The molecule has 2 fully saturated rings. The molecule has 6 atom stereocenters. The van der Waals surface area contributed by atoms with Crippen molar-refractivity contribution in [3.8, 4) is 0 Å². The average molecular weight is 283 g/mol. The molecule has 20 heavy (non-hydrogen) atoms. The van der Waals surface area contributed by atoms with E-state index in [-0.39, 0.29) is 42.6 Å². The maximum atomic E-state index is 11.9. The summed E-state index contributed by atoms with van der Waals surface area (Å²) < 4.78 is 11.1. The van der Waals surface area contributed by atoms with Gasteiger partial charge in [0.15, 0.2) is 0 Å². The topological polar surface area (TPSA) is 88.0 Å². The smallest absolute Gasteiger partial charge is 0.220 e. The molecule has 6 nitrogen and oxygen atoms in total. The summed E-state index contributed by atoms with van der Waals surface area (Å²) in [4.78, 5) is 11.9. The maximum absolute atomic E-state index is 11.9. The summed E-state index contributed by atoms with van der Waals surface area (Å²) >= 11 is 0. The van der Waals surface area contributed by atoms with Gasteiger partial charge in [0.1, 0.15) is 21.8 Å². The number of carbonyl (C=O) groups is 1. The third kappa shape index (κ3) is 3.97. The van der Waals surface area contributed by atoms with Gasteiger partial charge >= 0.3 is 0 Å². The first-order valence-electron chi connectivity index (χ1n) is 7.36. The molecule has 3 N–H and O–H groups in total. The molecule has 0 aliphatic carbocycles. The average Bonchev–Trinajstić information content (AvgIpc) is 2.89. The summed E-state index contributed by atoms with van der Waals surface area (Å²) in [6, 6.07) is 0.126. The van der Waals surface area contributed by atoms with E-state index in [9.17, 15) is 15.0 Å². The van der Waals surface area contributed by atoms with Gasteiger partial charge in [-0.3, -0.25) is 4.79 Å². The summed E-state index contributed by atoms with van der Waals surface area (Å²) in [6.07, 6.45) is 0.670. The molecule has 112 valence electrons. The predicted molar refractivity (Wildman–Crippen MR) is 77.9 cm³/mol. The molecule has 0 aromatic carbocycles. The Kier molecular flexibility index (Phi) is 5.49. The summed E-state index contributed by atoms with van der Waals surface area (Å²) in [5.41, 5.74) is 0. The molecule has 2 aliphatic heterocycles. The van der Waals surface area contributed by atoms with Crippen LogP contribution in [0.3, 0.4) is 0 Å². The van der Waals surface area contributed by atoms with Crippen LogP contribution in [0.25, 0.3) is 0 Å². The zero-order valence-electron chi connectivity index (χ0n) is 12.1. The molecule has 1 amide bonds. The van der Waals surface area contributed by atoms with Crippen molar-refractivity contribution in [1.29, 1.82) is 0 Å². The van der Waals surface area contributed by atoms with Crippen molar-refractivity contribution in [3.63, 3.8) is 0 Å². The summed E-state index contributed by atoms with van der Waals surface area (Å²) in [6.45, 7) is 0.279. The van der Waals surface area contributed by atoms with E-state index in [1.165, 1.54) is 0 Å². The third-order valence-corrected chi connectivity index (χ3v) is 4.11. The summed E-state index contributed by atoms with van der Waals surface area (Å²) in [5.74, 6) is -0.0233. The van der Waals surface area contributed by atoms with Crippen LogP contribution in [0.4, 0.5) is 0 Å². The Bertz CT molecular complexity index is 346. The second-order valence-electron chi connectivity index (χ2n) is 5.96. The number of amides is 1. The highest BCUT2D eigenvalue weighted by Gasteiger charge is 2.34. The second-order valence-corrected chi connectivity index (χ2v) is 5.96. The monoisotopic (exact) mass is 283 g/mol. The van der Waals surface area contributed by atoms with Crippen LogP contribution in [-0.4, -0.2) is 75.3 Å². The second kappa shape index (κ2) is 6.93. The standard InChI is InChI=1S/C12H23B2NO5/c13-10-1-6(9(5-16)20-10)2-12(18)15-4-8-7(17)3-11(14)19-8/h6-11,16-17H,1-5,13-14H2,(H,15,18)/t6-,7+,8+,9+,10+,11+/m0/s1. The minimum atomic E-state index is -0.509. The lowest BCUT2D eigenvalue weighted by atomic mass is 9.89. The van der Waals surface area contributed by atoms with Crippen LogP contribution >= 0.6 is 0 Å². The molecule has 0 aromatic heterocycles. The zero-order chi connectivity index (χ0) is 14.7. The van der Waals surface area contributed by atoms with Crippen molar-refractivity contribution in [2.45, 2.75) is 49.6 Å². The number of carbonyl (C=O) groups excluding carboxylic acids is 1. The lowest BCUT2D eigenvalue weighted by Gasteiger charge is -2.18. The largest absolute Gasteiger partial charge is 0.394 e. The minimum absolute atomic E-state index is 0.0368. The quantitative estimate of drug-likeness (QED) is 0.467. The van der Waals surface area contributed by atoms with Crippen molar-refractivity contribution >= 4 is 21.6 Å². The third-order valence-electron chi connectivity index (χ3n) is 4.11. The van der Waals surface area contributed by atoms with Gasteiger partial charge < -0.3 is 25.0 Å². The van der Waals surface area contributed by atoms with Crippen molar-refractivity contribution in [2.24, 2.45) is 5.92 Å². The van der Waals surface area contributed by atoms with Gasteiger partial charge in [0, 0.05) is 25.0 Å². The molecule has 8 heteroatoms. The number of aliphatic hydroxyl groups excluding tert-OH is 2. The highest BCUT2D eigenvalue weighted by atomic mass is 16.5. The minimum Gasteiger partial charge on any atom is -0.394 e. The van der Waals surface area contributed by atoms with Crippen LogP contribution in [0.15, 0.2) is 0 Å². The first-order chi connectivity index (χ1) is 9.49. The molecule has 2 saturated heterocycles. The number of ether oxygens (including phenoxy) is 2. The Balaban J connectivity index is 1.73. The van der Waals surface area contributed by atoms with E-state index in [0.717, 1.165) is 6.42 Å². The molecule has 2 heterocycles. The Morgan fingerprint density at radius 3 is 2.45 bits per heavy atom. The molecule has 0 spiro atoms. The van der Waals surface area contributed by atoms with Gasteiger partial charge in [-0.2, -0.15) is 0 Å². The predicted octanol–water partition coefficient (Wildman–Crippen LogP) is -3.04. The molecule has 0 unspecified atom stereocenters. The number of nitrogens with one attached hydrogen (secondary N) is 1. The first kappa shape index (κ1) is 15.8. The molecule has 0 aromatic rings. The fourth-order valence-electron chi connectivity index (χ4n) is 3.10. The fourth-order valence-corrected chi connectivity index (χ4v) is 3.10. The van der Waals surface area contributed by atoms with Gasteiger partial charge in [0.05, 0.1) is 18.8 Å². The van der Waals surface area contributed by atoms with Crippen molar-refractivity contribution in [3.05, 3.63) is 0 Å². The molecule has 0 radical (unpaired) electrons. The Labute approximate surface area is 121 Å². The lowest BCUT2D eigenvalue weighted by Crippen LogP contribution is -2.38. The molecule has 2 rings (SSSR count). The van der Waals surface area contributed by atoms with Crippen molar-refractivity contribution < 1.29 is 24.5 Å². The van der Waals surface area contributed by atoms with Crippen LogP contribution in [0, 0.1) is 5.92 Å². The number of hydrogen-bond donors (Lipinski definition) is 3. The maximum Gasteiger partial charge on any atom is 0.220 e. The molecule has 0 saturated carbocycles. The van der Waals surface area contributed by atoms with E-state index < -0.39 is 6.10 Å². The van der Waals surface area contributed by atoms with E-state index in [1.54, 1.807) is 0 Å². The normalized spacial score (nSPS) is 40.9. The Morgan fingerprint density at radius 1 is 1.20 bits per heavy atom. The van der Waals surface area contributed by atoms with Crippen LogP contribution in [-0.2, 0) is 14.3 Å². The van der Waals surface area contributed by atoms with Crippen molar-refractivity contribution in [2.75, 3.05) is 13.2 Å². The van der Waals surface area contributed by atoms with Crippen LogP contribution < -0.4 is 5.32 Å². The summed E-state index contributed by atoms with van der Waals surface area (Å²) in [5, 5.41) is 21.8. The number of aliphatic hydroxyl groups is 2. The van der Waals surface area contributed by atoms with Gasteiger partial charge in [0.2, 0.25) is 5.91 Å².